The van der Waals surface area contributed by atoms with Gasteiger partial charge in [-0.3, -0.25) is 0 Å². The van der Waals surface area contributed by atoms with E-state index in [9.17, 15) is 0 Å². The van der Waals surface area contributed by atoms with Gasteiger partial charge < -0.3 is 4.74 Å². The number of hydrogen-bond acceptors (Lipinski definition) is 1. The Bertz CT molecular complexity index is 116. The van der Waals surface area contributed by atoms with Crippen LogP contribution in [0.1, 0.15) is 33.1 Å². The van der Waals surface area contributed by atoms with Gasteiger partial charge in [0.15, 0.2) is 0 Å². The maximum Gasteiger partial charge on any atom is 0.0982 e. The van der Waals surface area contributed by atoms with Crippen molar-refractivity contribution in [2.45, 2.75) is 39.2 Å². The first kappa shape index (κ1) is 6.66. The minimum Gasteiger partial charge on any atom is -0.495 e. The Labute approximate surface area is 56.7 Å². The summed E-state index contributed by atoms with van der Waals surface area (Å²) in [5.41, 5.74) is 0. The fourth-order valence-electron chi connectivity index (χ4n) is 1.13. The molecule has 0 aliphatic carbocycles. The second-order valence-electron chi connectivity index (χ2n) is 2.54. The third-order valence-electron chi connectivity index (χ3n) is 1.73. The van der Waals surface area contributed by atoms with E-state index in [4.69, 9.17) is 4.74 Å². The molecule has 0 radical (unpaired) electrons. The summed E-state index contributed by atoms with van der Waals surface area (Å²) in [6.45, 7) is 4.20. The van der Waals surface area contributed by atoms with E-state index in [-0.39, 0.29) is 0 Å². The lowest BCUT2D eigenvalue weighted by molar-refractivity contribution is 0.0938. The molecule has 0 spiro atoms. The molecule has 0 saturated carbocycles. The van der Waals surface area contributed by atoms with Crippen molar-refractivity contribution in [1.29, 1.82) is 0 Å². The van der Waals surface area contributed by atoms with Gasteiger partial charge in [-0.25, -0.2) is 0 Å². The lowest BCUT2D eigenvalue weighted by Crippen LogP contribution is -2.13. The zero-order valence-electron chi connectivity index (χ0n) is 6.18. The van der Waals surface area contributed by atoms with Crippen LogP contribution in [0.2, 0.25) is 0 Å². The predicted molar refractivity (Wildman–Crippen MR) is 38.2 cm³/mol. The zero-order valence-corrected chi connectivity index (χ0v) is 6.18. The van der Waals surface area contributed by atoms with Crippen LogP contribution in [-0.2, 0) is 4.74 Å². The Morgan fingerprint density at radius 3 is 3.00 bits per heavy atom. The summed E-state index contributed by atoms with van der Waals surface area (Å²) in [7, 11) is 0. The maximum atomic E-state index is 5.50. The Kier molecular flexibility index (Phi) is 2.15. The second-order valence-corrected chi connectivity index (χ2v) is 2.54. The first-order chi connectivity index (χ1) is 4.33. The van der Waals surface area contributed by atoms with Crippen LogP contribution in [-0.4, -0.2) is 6.10 Å². The molecule has 1 atom stereocenters. The van der Waals surface area contributed by atoms with Crippen LogP contribution in [0.4, 0.5) is 0 Å². The van der Waals surface area contributed by atoms with Crippen LogP contribution in [0, 0.1) is 0 Å². The molecule has 1 rings (SSSR count). The minimum atomic E-state index is 0.495. The summed E-state index contributed by atoms with van der Waals surface area (Å²) in [6, 6.07) is 0. The van der Waals surface area contributed by atoms with E-state index in [0.29, 0.717) is 6.10 Å². The van der Waals surface area contributed by atoms with Crippen LogP contribution in [0.25, 0.3) is 0 Å². The van der Waals surface area contributed by atoms with E-state index in [1.807, 2.05) is 6.92 Å². The molecule has 0 fully saturated rings. The van der Waals surface area contributed by atoms with Gasteiger partial charge in [0.1, 0.15) is 0 Å². The van der Waals surface area contributed by atoms with Crippen molar-refractivity contribution in [3.63, 3.8) is 0 Å². The van der Waals surface area contributed by atoms with Crippen LogP contribution in [0.5, 0.6) is 0 Å². The summed E-state index contributed by atoms with van der Waals surface area (Å²) in [6.07, 6.45) is 6.20. The van der Waals surface area contributed by atoms with Crippen molar-refractivity contribution >= 4 is 0 Å². The summed E-state index contributed by atoms with van der Waals surface area (Å²) >= 11 is 0. The fraction of sp³-hybridized carbons (Fsp3) is 0.750. The van der Waals surface area contributed by atoms with Crippen molar-refractivity contribution in [1.82, 2.24) is 0 Å². The SMILES string of the molecule is CCC1CCC=C(C)O1. The van der Waals surface area contributed by atoms with Gasteiger partial charge in [-0.2, -0.15) is 0 Å². The first-order valence-electron chi connectivity index (χ1n) is 3.66. The molecule has 9 heavy (non-hydrogen) atoms. The standard InChI is InChI=1S/C8H14O/c1-3-8-6-4-5-7(2)9-8/h5,8H,3-4,6H2,1-2H3. The molecule has 0 amide bonds. The lowest BCUT2D eigenvalue weighted by atomic mass is 10.1. The molecule has 1 heteroatoms. The first-order valence-corrected chi connectivity index (χ1v) is 3.66. The molecule has 1 aliphatic heterocycles. The van der Waals surface area contributed by atoms with E-state index in [1.165, 1.54) is 12.8 Å². The molecule has 0 N–H and O–H groups in total. The average molecular weight is 126 g/mol. The molecule has 1 aliphatic rings. The third kappa shape index (κ3) is 1.74. The van der Waals surface area contributed by atoms with Gasteiger partial charge in [-0.15, -0.1) is 0 Å². The Hall–Kier alpha value is -0.460. The third-order valence-corrected chi connectivity index (χ3v) is 1.73. The van der Waals surface area contributed by atoms with Gasteiger partial charge in [0.25, 0.3) is 0 Å². The van der Waals surface area contributed by atoms with E-state index in [0.717, 1.165) is 12.2 Å². The highest BCUT2D eigenvalue weighted by Crippen LogP contribution is 2.17. The number of rotatable bonds is 1. The normalized spacial score (nSPS) is 26.9. The molecule has 0 aromatic rings. The van der Waals surface area contributed by atoms with Gasteiger partial charge in [-0.05, 0) is 32.3 Å². The largest absolute Gasteiger partial charge is 0.495 e. The van der Waals surface area contributed by atoms with Gasteiger partial charge >= 0.3 is 0 Å². The van der Waals surface area contributed by atoms with E-state index >= 15 is 0 Å². The maximum absolute atomic E-state index is 5.50. The second kappa shape index (κ2) is 2.90. The van der Waals surface area contributed by atoms with Crippen molar-refractivity contribution < 1.29 is 4.74 Å². The highest BCUT2D eigenvalue weighted by Gasteiger charge is 2.10. The Balaban J connectivity index is 2.39. The minimum absolute atomic E-state index is 0.495. The predicted octanol–water partition coefficient (Wildman–Crippen LogP) is 2.48. The lowest BCUT2D eigenvalue weighted by Gasteiger charge is -2.21. The van der Waals surface area contributed by atoms with Crippen molar-refractivity contribution in [2.24, 2.45) is 0 Å². The molecular formula is C8H14O. The van der Waals surface area contributed by atoms with E-state index < -0.39 is 0 Å². The Morgan fingerprint density at radius 2 is 2.56 bits per heavy atom. The molecule has 0 bridgehead atoms. The van der Waals surface area contributed by atoms with Crippen LogP contribution in [0.15, 0.2) is 11.8 Å². The smallest absolute Gasteiger partial charge is 0.0982 e. The molecule has 0 aromatic carbocycles. The highest BCUT2D eigenvalue weighted by molar-refractivity contribution is 4.93. The zero-order chi connectivity index (χ0) is 6.69. The quantitative estimate of drug-likeness (QED) is 0.524. The van der Waals surface area contributed by atoms with Crippen LogP contribution >= 0.6 is 0 Å². The molecule has 1 unspecified atom stereocenters. The van der Waals surface area contributed by atoms with Gasteiger partial charge in [-0.1, -0.05) is 6.92 Å². The number of ether oxygens (including phenoxy) is 1. The van der Waals surface area contributed by atoms with Gasteiger partial charge in [0.2, 0.25) is 0 Å². The van der Waals surface area contributed by atoms with Gasteiger partial charge in [0, 0.05) is 0 Å². The summed E-state index contributed by atoms with van der Waals surface area (Å²) in [5.74, 6) is 1.10. The average Bonchev–Trinajstić information content (AvgIpc) is 1.88. The number of allylic oxidation sites excluding steroid dienone is 2. The van der Waals surface area contributed by atoms with Crippen LogP contribution in [0.3, 0.4) is 0 Å². The molecule has 1 nitrogen and oxygen atoms in total. The summed E-state index contributed by atoms with van der Waals surface area (Å²) in [5, 5.41) is 0. The highest BCUT2D eigenvalue weighted by atomic mass is 16.5. The topological polar surface area (TPSA) is 9.23 Å². The fourth-order valence-corrected chi connectivity index (χ4v) is 1.13. The summed E-state index contributed by atoms with van der Waals surface area (Å²) in [4.78, 5) is 0. The Morgan fingerprint density at radius 1 is 1.78 bits per heavy atom. The van der Waals surface area contributed by atoms with Crippen molar-refractivity contribution in [2.75, 3.05) is 0 Å². The molecular weight excluding hydrogens is 112 g/mol. The van der Waals surface area contributed by atoms with Crippen molar-refractivity contribution in [3.8, 4) is 0 Å². The van der Waals surface area contributed by atoms with Gasteiger partial charge in [0.05, 0.1) is 11.9 Å². The van der Waals surface area contributed by atoms with Crippen molar-refractivity contribution in [3.05, 3.63) is 11.8 Å². The molecule has 0 aromatic heterocycles. The molecule has 1 heterocycles. The molecule has 52 valence electrons. The monoisotopic (exact) mass is 126 g/mol. The summed E-state index contributed by atoms with van der Waals surface area (Å²) < 4.78 is 5.50. The van der Waals surface area contributed by atoms with Crippen LogP contribution < -0.4 is 0 Å². The van der Waals surface area contributed by atoms with E-state index in [1.54, 1.807) is 0 Å². The van der Waals surface area contributed by atoms with E-state index in [2.05, 4.69) is 13.0 Å². The molecule has 0 saturated heterocycles. The number of hydrogen-bond donors (Lipinski definition) is 0.